The first-order valence-corrected chi connectivity index (χ1v) is 8.64. The van der Waals surface area contributed by atoms with Crippen molar-refractivity contribution < 1.29 is 9.15 Å². The van der Waals surface area contributed by atoms with Gasteiger partial charge in [0.05, 0.1) is 24.5 Å². The van der Waals surface area contributed by atoms with Gasteiger partial charge in [-0.25, -0.2) is 0 Å². The number of nitriles is 1. The van der Waals surface area contributed by atoms with E-state index >= 15 is 0 Å². The van der Waals surface area contributed by atoms with Gasteiger partial charge in [-0.2, -0.15) is 5.26 Å². The third-order valence-electron chi connectivity index (χ3n) is 3.32. The molecule has 7 heteroatoms. The number of furan rings is 1. The second-order valence-corrected chi connectivity index (χ2v) is 6.08. The summed E-state index contributed by atoms with van der Waals surface area (Å²) in [7, 11) is 0. The Labute approximate surface area is 149 Å². The smallest absolute Gasteiger partial charge is 0.200 e. The average molecular weight is 352 g/mol. The van der Waals surface area contributed by atoms with Crippen molar-refractivity contribution in [2.24, 2.45) is 0 Å². The SMILES string of the molecule is C=CCn1c(SCCOc2cccc(C#N)c2)nnc1-c1ccco1. The fourth-order valence-corrected chi connectivity index (χ4v) is 2.99. The van der Waals surface area contributed by atoms with E-state index in [9.17, 15) is 0 Å². The standard InChI is InChI=1S/C18H16N4O2S/c1-2-8-22-17(16-7-4-9-24-16)20-21-18(22)25-11-10-23-15-6-3-5-14(12-15)13-19/h2-7,9,12H,1,8,10-11H2. The predicted octanol–water partition coefficient (Wildman–Crippen LogP) is 3.77. The molecule has 3 aromatic rings. The Morgan fingerprint density at radius 3 is 3.00 bits per heavy atom. The molecule has 0 saturated heterocycles. The number of benzene rings is 1. The zero-order chi connectivity index (χ0) is 17.5. The van der Waals surface area contributed by atoms with Gasteiger partial charge in [0.15, 0.2) is 10.9 Å². The summed E-state index contributed by atoms with van der Waals surface area (Å²) < 4.78 is 13.0. The van der Waals surface area contributed by atoms with Crippen LogP contribution in [-0.4, -0.2) is 27.1 Å². The molecule has 0 spiro atoms. The summed E-state index contributed by atoms with van der Waals surface area (Å²) in [4.78, 5) is 0. The summed E-state index contributed by atoms with van der Waals surface area (Å²) in [5.74, 6) is 2.73. The highest BCUT2D eigenvalue weighted by Gasteiger charge is 2.15. The van der Waals surface area contributed by atoms with E-state index in [2.05, 4.69) is 22.8 Å². The van der Waals surface area contributed by atoms with Crippen molar-refractivity contribution in [3.05, 3.63) is 60.9 Å². The quantitative estimate of drug-likeness (QED) is 0.349. The van der Waals surface area contributed by atoms with Gasteiger partial charge in [0.25, 0.3) is 0 Å². The molecule has 3 rings (SSSR count). The molecule has 0 atom stereocenters. The lowest BCUT2D eigenvalue weighted by Crippen LogP contribution is -2.04. The zero-order valence-electron chi connectivity index (χ0n) is 13.5. The lowest BCUT2D eigenvalue weighted by molar-refractivity contribution is 0.343. The highest BCUT2D eigenvalue weighted by Crippen LogP contribution is 2.24. The van der Waals surface area contributed by atoms with Crippen LogP contribution in [0, 0.1) is 11.3 Å². The molecule has 126 valence electrons. The Balaban J connectivity index is 1.61. The van der Waals surface area contributed by atoms with Crippen LogP contribution in [0.3, 0.4) is 0 Å². The van der Waals surface area contributed by atoms with Crippen LogP contribution < -0.4 is 4.74 Å². The van der Waals surface area contributed by atoms with Gasteiger partial charge >= 0.3 is 0 Å². The molecule has 0 aliphatic rings. The Morgan fingerprint density at radius 1 is 1.32 bits per heavy atom. The van der Waals surface area contributed by atoms with E-state index in [-0.39, 0.29) is 0 Å². The molecule has 0 unspecified atom stereocenters. The van der Waals surface area contributed by atoms with Crippen molar-refractivity contribution >= 4 is 11.8 Å². The maximum atomic E-state index is 8.90. The molecule has 25 heavy (non-hydrogen) atoms. The normalized spacial score (nSPS) is 10.4. The number of hydrogen-bond donors (Lipinski definition) is 0. The Bertz CT molecular complexity index is 881. The molecular weight excluding hydrogens is 336 g/mol. The third kappa shape index (κ3) is 4.11. The first-order chi connectivity index (χ1) is 12.3. The first kappa shape index (κ1) is 16.9. The molecular formula is C18H16N4O2S. The van der Waals surface area contributed by atoms with E-state index in [0.29, 0.717) is 41.8 Å². The maximum absolute atomic E-state index is 8.90. The fraction of sp³-hybridized carbons (Fsp3) is 0.167. The summed E-state index contributed by atoms with van der Waals surface area (Å²) in [5, 5.41) is 18.1. The number of thioether (sulfide) groups is 1. The van der Waals surface area contributed by atoms with Gasteiger partial charge in [-0.05, 0) is 30.3 Å². The fourth-order valence-electron chi connectivity index (χ4n) is 2.23. The van der Waals surface area contributed by atoms with E-state index < -0.39 is 0 Å². The van der Waals surface area contributed by atoms with Gasteiger partial charge in [0, 0.05) is 12.3 Å². The van der Waals surface area contributed by atoms with E-state index in [0.717, 1.165) is 5.16 Å². The number of allylic oxidation sites excluding steroid dienone is 1. The summed E-state index contributed by atoms with van der Waals surface area (Å²) >= 11 is 1.54. The van der Waals surface area contributed by atoms with Gasteiger partial charge in [0.2, 0.25) is 5.82 Å². The molecule has 6 nitrogen and oxygen atoms in total. The monoisotopic (exact) mass is 352 g/mol. The summed E-state index contributed by atoms with van der Waals surface area (Å²) in [6, 6.07) is 12.9. The largest absolute Gasteiger partial charge is 0.493 e. The molecule has 0 saturated carbocycles. The summed E-state index contributed by atoms with van der Waals surface area (Å²) in [6.45, 7) is 4.87. The molecule has 2 heterocycles. The Hall–Kier alpha value is -2.98. The third-order valence-corrected chi connectivity index (χ3v) is 4.25. The molecule has 0 fully saturated rings. The lowest BCUT2D eigenvalue weighted by atomic mass is 10.2. The van der Waals surface area contributed by atoms with Crippen molar-refractivity contribution in [2.75, 3.05) is 12.4 Å². The van der Waals surface area contributed by atoms with Crippen LogP contribution in [0.1, 0.15) is 5.56 Å². The second-order valence-electron chi connectivity index (χ2n) is 5.02. The van der Waals surface area contributed by atoms with Crippen molar-refractivity contribution in [3.8, 4) is 23.4 Å². The number of rotatable bonds is 8. The van der Waals surface area contributed by atoms with Crippen molar-refractivity contribution in [2.45, 2.75) is 11.7 Å². The van der Waals surface area contributed by atoms with Crippen LogP contribution in [0.25, 0.3) is 11.6 Å². The van der Waals surface area contributed by atoms with Crippen LogP contribution in [0.5, 0.6) is 5.75 Å². The first-order valence-electron chi connectivity index (χ1n) is 7.65. The van der Waals surface area contributed by atoms with Crippen LogP contribution in [-0.2, 0) is 6.54 Å². The topological polar surface area (TPSA) is 76.9 Å². The number of hydrogen-bond acceptors (Lipinski definition) is 6. The van der Waals surface area contributed by atoms with E-state index in [1.54, 1.807) is 42.3 Å². The second kappa shape index (κ2) is 8.22. The predicted molar refractivity (Wildman–Crippen MR) is 95.3 cm³/mol. The van der Waals surface area contributed by atoms with Crippen LogP contribution in [0.4, 0.5) is 0 Å². The van der Waals surface area contributed by atoms with Gasteiger partial charge in [0.1, 0.15) is 5.75 Å². The van der Waals surface area contributed by atoms with Crippen molar-refractivity contribution in [1.82, 2.24) is 14.8 Å². The molecule has 0 aliphatic heterocycles. The van der Waals surface area contributed by atoms with Crippen LogP contribution in [0.2, 0.25) is 0 Å². The molecule has 0 N–H and O–H groups in total. The van der Waals surface area contributed by atoms with Crippen LogP contribution in [0.15, 0.2) is 64.9 Å². The van der Waals surface area contributed by atoms with Gasteiger partial charge in [-0.3, -0.25) is 4.57 Å². The van der Waals surface area contributed by atoms with Crippen molar-refractivity contribution in [3.63, 3.8) is 0 Å². The zero-order valence-corrected chi connectivity index (χ0v) is 14.3. The highest BCUT2D eigenvalue weighted by atomic mass is 32.2. The van der Waals surface area contributed by atoms with Gasteiger partial charge < -0.3 is 9.15 Å². The average Bonchev–Trinajstić information content (AvgIpc) is 3.29. The summed E-state index contributed by atoms with van der Waals surface area (Å²) in [5.41, 5.74) is 0.582. The lowest BCUT2D eigenvalue weighted by Gasteiger charge is -2.07. The number of nitrogens with zero attached hydrogens (tertiary/aromatic N) is 4. The van der Waals surface area contributed by atoms with Crippen molar-refractivity contribution in [1.29, 1.82) is 5.26 Å². The minimum Gasteiger partial charge on any atom is -0.493 e. The highest BCUT2D eigenvalue weighted by molar-refractivity contribution is 7.99. The molecule has 0 aliphatic carbocycles. The maximum Gasteiger partial charge on any atom is 0.200 e. The van der Waals surface area contributed by atoms with E-state index in [1.807, 2.05) is 22.8 Å². The van der Waals surface area contributed by atoms with E-state index in [4.69, 9.17) is 14.4 Å². The Kier molecular flexibility index (Phi) is 5.54. The molecule has 0 radical (unpaired) electrons. The molecule has 0 amide bonds. The molecule has 0 bridgehead atoms. The van der Waals surface area contributed by atoms with Gasteiger partial charge in [-0.15, -0.1) is 16.8 Å². The minimum atomic E-state index is 0.497. The number of ether oxygens (including phenoxy) is 1. The molecule has 1 aromatic carbocycles. The molecule has 2 aromatic heterocycles. The van der Waals surface area contributed by atoms with Crippen LogP contribution >= 0.6 is 11.8 Å². The Morgan fingerprint density at radius 2 is 2.24 bits per heavy atom. The summed E-state index contributed by atoms with van der Waals surface area (Å²) in [6.07, 6.45) is 3.40. The van der Waals surface area contributed by atoms with E-state index in [1.165, 1.54) is 0 Å². The van der Waals surface area contributed by atoms with Gasteiger partial charge in [-0.1, -0.05) is 23.9 Å². The number of aromatic nitrogens is 3. The minimum absolute atomic E-state index is 0.497.